The number of carboxylic acids is 1. The molecule has 1 heterocycles. The van der Waals surface area contributed by atoms with Crippen LogP contribution in [0.25, 0.3) is 0 Å². The maximum Gasteiger partial charge on any atom is 0.303 e. The van der Waals surface area contributed by atoms with Gasteiger partial charge in [-0.15, -0.1) is 11.3 Å². The number of aryl methyl sites for hydroxylation is 1. The highest BCUT2D eigenvalue weighted by Crippen LogP contribution is 2.23. The summed E-state index contributed by atoms with van der Waals surface area (Å²) in [6.45, 7) is 4.40. The molecule has 2 rings (SSSR count). The van der Waals surface area contributed by atoms with Gasteiger partial charge in [-0.3, -0.25) is 9.59 Å². The molecule has 1 amide bonds. The maximum atomic E-state index is 12.3. The second kappa shape index (κ2) is 8.56. The largest absolute Gasteiger partial charge is 0.481 e. The number of carbonyl (C=O) groups excluding carboxylic acids is 1. The predicted octanol–water partition coefficient (Wildman–Crippen LogP) is 3.51. The van der Waals surface area contributed by atoms with Crippen molar-refractivity contribution in [3.05, 3.63) is 45.9 Å². The summed E-state index contributed by atoms with van der Waals surface area (Å²) < 4.78 is 5.47. The highest BCUT2D eigenvalue weighted by molar-refractivity contribution is 7.13. The van der Waals surface area contributed by atoms with E-state index in [1.54, 1.807) is 24.4 Å². The average molecular weight is 348 g/mol. The van der Waals surface area contributed by atoms with Gasteiger partial charge in [0.1, 0.15) is 16.0 Å². The Balaban J connectivity index is 2.01. The standard InChI is InChI=1S/C17H20N2O4S/c1-3-23-11(2)17-18-10-14(24-17)16(22)19-13-6-4-5-12(9-13)7-8-15(20)21/h4-6,9-11H,3,7-8H2,1-2H3,(H,19,22)(H,20,21). The maximum absolute atomic E-state index is 12.3. The molecular formula is C17H20N2O4S. The number of rotatable bonds is 8. The molecule has 0 aliphatic carbocycles. The Labute approximate surface area is 144 Å². The third-order valence-electron chi connectivity index (χ3n) is 3.32. The van der Waals surface area contributed by atoms with Crippen LogP contribution in [0, 0.1) is 0 Å². The van der Waals surface area contributed by atoms with Crippen LogP contribution >= 0.6 is 11.3 Å². The summed E-state index contributed by atoms with van der Waals surface area (Å²) in [5, 5.41) is 12.3. The third-order valence-corrected chi connectivity index (χ3v) is 4.48. The molecule has 0 saturated carbocycles. The van der Waals surface area contributed by atoms with Gasteiger partial charge in [0.15, 0.2) is 0 Å². The summed E-state index contributed by atoms with van der Waals surface area (Å²) in [5.74, 6) is -1.08. The molecule has 1 aromatic heterocycles. The van der Waals surface area contributed by atoms with Crippen LogP contribution in [0.3, 0.4) is 0 Å². The van der Waals surface area contributed by atoms with Crippen LogP contribution in [-0.4, -0.2) is 28.6 Å². The zero-order valence-corrected chi connectivity index (χ0v) is 14.4. The molecule has 6 nitrogen and oxygen atoms in total. The monoisotopic (exact) mass is 348 g/mol. The number of ether oxygens (including phenoxy) is 1. The number of benzene rings is 1. The van der Waals surface area contributed by atoms with E-state index in [0.717, 1.165) is 10.6 Å². The summed E-state index contributed by atoms with van der Waals surface area (Å²) in [7, 11) is 0. The number of hydrogen-bond donors (Lipinski definition) is 2. The van der Waals surface area contributed by atoms with Crippen LogP contribution in [0.1, 0.15) is 46.6 Å². The van der Waals surface area contributed by atoms with Crippen molar-refractivity contribution in [2.75, 3.05) is 11.9 Å². The van der Waals surface area contributed by atoms with Gasteiger partial charge in [0.2, 0.25) is 0 Å². The molecule has 0 saturated heterocycles. The molecule has 0 bridgehead atoms. The third kappa shape index (κ3) is 5.14. The number of hydrogen-bond acceptors (Lipinski definition) is 5. The molecule has 2 N–H and O–H groups in total. The molecule has 0 radical (unpaired) electrons. The Kier molecular flexibility index (Phi) is 6.45. The lowest BCUT2D eigenvalue weighted by Crippen LogP contribution is -2.10. The molecule has 0 aliphatic heterocycles. The lowest BCUT2D eigenvalue weighted by Gasteiger charge is -2.07. The molecular weight excluding hydrogens is 328 g/mol. The van der Waals surface area contributed by atoms with Crippen molar-refractivity contribution in [3.63, 3.8) is 0 Å². The molecule has 7 heteroatoms. The van der Waals surface area contributed by atoms with Gasteiger partial charge in [0, 0.05) is 18.7 Å². The van der Waals surface area contributed by atoms with E-state index in [4.69, 9.17) is 9.84 Å². The average Bonchev–Trinajstić information content (AvgIpc) is 3.04. The molecule has 1 atom stereocenters. The fraction of sp³-hybridized carbons (Fsp3) is 0.353. The minimum Gasteiger partial charge on any atom is -0.481 e. The van der Waals surface area contributed by atoms with Gasteiger partial charge >= 0.3 is 5.97 Å². The quantitative estimate of drug-likeness (QED) is 0.762. The van der Waals surface area contributed by atoms with Crippen molar-refractivity contribution < 1.29 is 19.4 Å². The Hall–Kier alpha value is -2.25. The molecule has 24 heavy (non-hydrogen) atoms. The molecule has 2 aromatic rings. The van der Waals surface area contributed by atoms with Crippen LogP contribution < -0.4 is 5.32 Å². The summed E-state index contributed by atoms with van der Waals surface area (Å²) in [6.07, 6.45) is 1.89. The van der Waals surface area contributed by atoms with E-state index in [0.29, 0.717) is 23.6 Å². The van der Waals surface area contributed by atoms with Gasteiger partial charge in [0.25, 0.3) is 5.91 Å². The minimum atomic E-state index is -0.843. The van der Waals surface area contributed by atoms with Crippen LogP contribution in [0.4, 0.5) is 5.69 Å². The first-order valence-corrected chi connectivity index (χ1v) is 8.50. The Morgan fingerprint density at radius 3 is 2.92 bits per heavy atom. The molecule has 1 aromatic carbocycles. The van der Waals surface area contributed by atoms with E-state index in [9.17, 15) is 9.59 Å². The number of carbonyl (C=O) groups is 2. The van der Waals surface area contributed by atoms with Crippen LogP contribution in [0.5, 0.6) is 0 Å². The fourth-order valence-electron chi connectivity index (χ4n) is 2.15. The Morgan fingerprint density at radius 1 is 1.42 bits per heavy atom. The number of anilines is 1. The summed E-state index contributed by atoms with van der Waals surface area (Å²) in [5.41, 5.74) is 1.50. The van der Waals surface area contributed by atoms with Crippen molar-refractivity contribution in [3.8, 4) is 0 Å². The molecule has 1 unspecified atom stereocenters. The van der Waals surface area contributed by atoms with Crippen molar-refractivity contribution in [1.29, 1.82) is 0 Å². The van der Waals surface area contributed by atoms with E-state index < -0.39 is 5.97 Å². The first kappa shape index (κ1) is 18.1. The van der Waals surface area contributed by atoms with Crippen molar-refractivity contribution in [2.45, 2.75) is 32.8 Å². The van der Waals surface area contributed by atoms with Gasteiger partial charge in [-0.25, -0.2) is 4.98 Å². The van der Waals surface area contributed by atoms with E-state index in [1.165, 1.54) is 11.3 Å². The highest BCUT2D eigenvalue weighted by atomic mass is 32.1. The molecule has 0 spiro atoms. The van der Waals surface area contributed by atoms with E-state index in [-0.39, 0.29) is 18.4 Å². The minimum absolute atomic E-state index is 0.0604. The van der Waals surface area contributed by atoms with Crippen molar-refractivity contribution in [2.24, 2.45) is 0 Å². The number of nitrogens with one attached hydrogen (secondary N) is 1. The van der Waals surface area contributed by atoms with Gasteiger partial charge in [0.05, 0.1) is 6.20 Å². The number of aromatic nitrogens is 1. The number of carboxylic acid groups (broad SMARTS) is 1. The van der Waals surface area contributed by atoms with Crippen LogP contribution in [0.2, 0.25) is 0 Å². The summed E-state index contributed by atoms with van der Waals surface area (Å²) >= 11 is 1.30. The second-order valence-corrected chi connectivity index (χ2v) is 6.27. The van der Waals surface area contributed by atoms with E-state index >= 15 is 0 Å². The zero-order valence-electron chi connectivity index (χ0n) is 13.6. The second-order valence-electron chi connectivity index (χ2n) is 5.21. The predicted molar refractivity (Wildman–Crippen MR) is 92.5 cm³/mol. The fourth-order valence-corrected chi connectivity index (χ4v) is 2.96. The number of aliphatic carboxylic acids is 1. The van der Waals surface area contributed by atoms with Crippen molar-refractivity contribution in [1.82, 2.24) is 4.98 Å². The summed E-state index contributed by atoms with van der Waals surface area (Å²) in [4.78, 5) is 27.7. The molecule has 0 aliphatic rings. The Bertz CT molecular complexity index is 714. The molecule has 128 valence electrons. The SMILES string of the molecule is CCOC(C)c1ncc(C(=O)Nc2cccc(CCC(=O)O)c2)s1. The summed E-state index contributed by atoms with van der Waals surface area (Å²) in [6, 6.07) is 7.19. The topological polar surface area (TPSA) is 88.5 Å². The Morgan fingerprint density at radius 2 is 2.21 bits per heavy atom. The highest BCUT2D eigenvalue weighted by Gasteiger charge is 2.15. The van der Waals surface area contributed by atoms with Crippen molar-refractivity contribution >= 4 is 28.9 Å². The number of amides is 1. The number of nitrogens with zero attached hydrogens (tertiary/aromatic N) is 1. The van der Waals surface area contributed by atoms with E-state index in [1.807, 2.05) is 19.9 Å². The first-order chi connectivity index (χ1) is 11.5. The normalized spacial score (nSPS) is 11.9. The molecule has 0 fully saturated rings. The van der Waals surface area contributed by atoms with Gasteiger partial charge < -0.3 is 15.2 Å². The van der Waals surface area contributed by atoms with Crippen LogP contribution in [0.15, 0.2) is 30.5 Å². The smallest absolute Gasteiger partial charge is 0.303 e. The number of thiazole rings is 1. The van der Waals surface area contributed by atoms with Gasteiger partial charge in [-0.2, -0.15) is 0 Å². The lowest BCUT2D eigenvalue weighted by atomic mass is 10.1. The first-order valence-electron chi connectivity index (χ1n) is 7.69. The van der Waals surface area contributed by atoms with E-state index in [2.05, 4.69) is 10.3 Å². The zero-order chi connectivity index (χ0) is 17.5. The van der Waals surface area contributed by atoms with Gasteiger partial charge in [-0.1, -0.05) is 12.1 Å². The van der Waals surface area contributed by atoms with Gasteiger partial charge in [-0.05, 0) is 38.0 Å². The van der Waals surface area contributed by atoms with Crippen LogP contribution in [-0.2, 0) is 16.0 Å². The lowest BCUT2D eigenvalue weighted by molar-refractivity contribution is -0.136.